The Hall–Kier alpha value is -0.670. The summed E-state index contributed by atoms with van der Waals surface area (Å²) in [5.41, 5.74) is 0. The molecule has 0 saturated heterocycles. The Morgan fingerprint density at radius 1 is 1.28 bits per heavy atom. The number of ketones is 1. The van der Waals surface area contributed by atoms with E-state index in [-0.39, 0.29) is 18.1 Å². The van der Waals surface area contributed by atoms with Crippen LogP contribution in [0.15, 0.2) is 12.2 Å². The van der Waals surface area contributed by atoms with Crippen molar-refractivity contribution in [3.63, 3.8) is 0 Å². The Kier molecular flexibility index (Phi) is 7.21. The Bertz CT molecular complexity index is 273. The lowest BCUT2D eigenvalue weighted by Gasteiger charge is -2.09. The zero-order valence-corrected chi connectivity index (χ0v) is 11.3. The molecule has 0 aromatic heterocycles. The summed E-state index contributed by atoms with van der Waals surface area (Å²) in [6, 6.07) is 0. The molecule has 0 aliphatic heterocycles. The quantitative estimate of drug-likeness (QED) is 0.517. The summed E-state index contributed by atoms with van der Waals surface area (Å²) in [7, 11) is 0. The van der Waals surface area contributed by atoms with Gasteiger partial charge in [-0.2, -0.15) is 0 Å². The lowest BCUT2D eigenvalue weighted by Crippen LogP contribution is -2.11. The van der Waals surface area contributed by atoms with Gasteiger partial charge in [-0.3, -0.25) is 4.79 Å². The van der Waals surface area contributed by atoms with Gasteiger partial charge in [0.05, 0.1) is 12.2 Å². The molecule has 1 aliphatic rings. The van der Waals surface area contributed by atoms with Gasteiger partial charge in [0, 0.05) is 18.8 Å². The molecule has 1 fully saturated rings. The van der Waals surface area contributed by atoms with Gasteiger partial charge < -0.3 is 10.2 Å². The average molecular weight is 254 g/mol. The van der Waals surface area contributed by atoms with Crippen LogP contribution in [0.4, 0.5) is 0 Å². The third kappa shape index (κ3) is 5.78. The predicted octanol–water partition coefficient (Wildman–Crippen LogP) is 2.60. The number of unbranched alkanes of at least 4 members (excludes halogenated alkanes) is 4. The molecule has 0 aromatic carbocycles. The van der Waals surface area contributed by atoms with E-state index in [0.29, 0.717) is 6.42 Å². The fourth-order valence-electron chi connectivity index (χ4n) is 2.39. The predicted molar refractivity (Wildman–Crippen MR) is 72.3 cm³/mol. The van der Waals surface area contributed by atoms with Crippen molar-refractivity contribution in [3.8, 4) is 0 Å². The van der Waals surface area contributed by atoms with E-state index in [0.717, 1.165) is 12.8 Å². The van der Waals surface area contributed by atoms with Gasteiger partial charge in [-0.1, -0.05) is 51.2 Å². The van der Waals surface area contributed by atoms with Crippen molar-refractivity contribution in [1.82, 2.24) is 0 Å². The van der Waals surface area contributed by atoms with Gasteiger partial charge in [0.1, 0.15) is 5.78 Å². The molecule has 3 heteroatoms. The minimum atomic E-state index is -0.550. The van der Waals surface area contributed by atoms with Crippen molar-refractivity contribution in [1.29, 1.82) is 0 Å². The molecule has 0 aromatic rings. The number of aliphatic hydroxyl groups excluding tert-OH is 2. The van der Waals surface area contributed by atoms with E-state index in [9.17, 15) is 15.0 Å². The molecule has 0 heterocycles. The highest BCUT2D eigenvalue weighted by Crippen LogP contribution is 2.24. The summed E-state index contributed by atoms with van der Waals surface area (Å²) < 4.78 is 0. The van der Waals surface area contributed by atoms with Gasteiger partial charge >= 0.3 is 0 Å². The van der Waals surface area contributed by atoms with Gasteiger partial charge in [0.15, 0.2) is 0 Å². The Morgan fingerprint density at radius 3 is 2.61 bits per heavy atom. The number of Topliss-reactive ketones (excluding diaryl/α,β-unsaturated/α-hetero) is 1. The summed E-state index contributed by atoms with van der Waals surface area (Å²) in [5.74, 6) is 0.0263. The zero-order chi connectivity index (χ0) is 13.4. The first-order valence-corrected chi connectivity index (χ1v) is 7.19. The Morgan fingerprint density at radius 2 is 2.00 bits per heavy atom. The van der Waals surface area contributed by atoms with Crippen molar-refractivity contribution in [2.45, 2.75) is 70.5 Å². The molecular weight excluding hydrogens is 228 g/mol. The summed E-state index contributed by atoms with van der Waals surface area (Å²) >= 11 is 0. The van der Waals surface area contributed by atoms with Crippen LogP contribution in [0.25, 0.3) is 0 Å². The van der Waals surface area contributed by atoms with Crippen LogP contribution in [0.5, 0.6) is 0 Å². The third-order valence-electron chi connectivity index (χ3n) is 3.58. The van der Waals surface area contributed by atoms with Crippen LogP contribution in [0.1, 0.15) is 58.3 Å². The van der Waals surface area contributed by atoms with Gasteiger partial charge in [0.25, 0.3) is 0 Å². The molecule has 104 valence electrons. The number of hydrogen-bond acceptors (Lipinski definition) is 3. The van der Waals surface area contributed by atoms with Crippen molar-refractivity contribution in [2.75, 3.05) is 0 Å². The van der Waals surface area contributed by atoms with E-state index < -0.39 is 12.2 Å². The molecule has 1 saturated carbocycles. The lowest BCUT2D eigenvalue weighted by atomic mass is 10.0. The van der Waals surface area contributed by atoms with Gasteiger partial charge in [0.2, 0.25) is 0 Å². The van der Waals surface area contributed by atoms with Crippen molar-refractivity contribution in [2.24, 2.45) is 5.92 Å². The smallest absolute Gasteiger partial charge is 0.136 e. The topological polar surface area (TPSA) is 57.5 Å². The first-order chi connectivity index (χ1) is 8.63. The molecule has 3 atom stereocenters. The average Bonchev–Trinajstić information content (AvgIpc) is 2.65. The molecule has 1 rings (SSSR count). The van der Waals surface area contributed by atoms with Gasteiger partial charge in [-0.05, 0) is 6.42 Å². The SMILES string of the molecule is CCCCCCCC(O)/C=C/[C@@H]1CC(=O)CC1O. The van der Waals surface area contributed by atoms with Crippen LogP contribution in [0, 0.1) is 5.92 Å². The maximum absolute atomic E-state index is 11.1. The lowest BCUT2D eigenvalue weighted by molar-refractivity contribution is -0.117. The normalized spacial score (nSPS) is 26.1. The first-order valence-electron chi connectivity index (χ1n) is 7.19. The number of carbonyl (C=O) groups is 1. The van der Waals surface area contributed by atoms with E-state index in [1.807, 2.05) is 6.08 Å². The second-order valence-electron chi connectivity index (χ2n) is 5.33. The van der Waals surface area contributed by atoms with E-state index in [1.165, 1.54) is 25.7 Å². The maximum atomic E-state index is 11.1. The molecule has 2 N–H and O–H groups in total. The molecule has 0 radical (unpaired) electrons. The van der Waals surface area contributed by atoms with Crippen molar-refractivity contribution >= 4 is 5.78 Å². The highest BCUT2D eigenvalue weighted by Gasteiger charge is 2.29. The number of rotatable bonds is 8. The molecule has 3 nitrogen and oxygen atoms in total. The van der Waals surface area contributed by atoms with Crippen LogP contribution in [0.2, 0.25) is 0 Å². The molecular formula is C15H26O3. The largest absolute Gasteiger partial charge is 0.392 e. The van der Waals surface area contributed by atoms with Crippen LogP contribution in [0.3, 0.4) is 0 Å². The van der Waals surface area contributed by atoms with Gasteiger partial charge in [-0.25, -0.2) is 0 Å². The second-order valence-corrected chi connectivity index (χ2v) is 5.33. The highest BCUT2D eigenvalue weighted by molar-refractivity contribution is 5.81. The van der Waals surface area contributed by atoms with E-state index in [4.69, 9.17) is 0 Å². The van der Waals surface area contributed by atoms with E-state index >= 15 is 0 Å². The van der Waals surface area contributed by atoms with Crippen LogP contribution >= 0.6 is 0 Å². The standard InChI is InChI=1S/C15H26O3/c1-2-3-4-5-6-7-13(16)9-8-12-10-14(17)11-15(12)18/h8-9,12-13,15-16,18H,2-7,10-11H2,1H3/b9-8+/t12-,13?,15?/m1/s1. The van der Waals surface area contributed by atoms with Crippen LogP contribution < -0.4 is 0 Å². The Balaban J connectivity index is 2.15. The van der Waals surface area contributed by atoms with Crippen molar-refractivity contribution in [3.05, 3.63) is 12.2 Å². The fraction of sp³-hybridized carbons (Fsp3) is 0.800. The third-order valence-corrected chi connectivity index (χ3v) is 3.58. The van der Waals surface area contributed by atoms with E-state index in [2.05, 4.69) is 6.92 Å². The summed E-state index contributed by atoms with van der Waals surface area (Å²) in [6.45, 7) is 2.19. The highest BCUT2D eigenvalue weighted by atomic mass is 16.3. The maximum Gasteiger partial charge on any atom is 0.136 e. The second kappa shape index (κ2) is 8.44. The molecule has 1 aliphatic carbocycles. The van der Waals surface area contributed by atoms with Crippen molar-refractivity contribution < 1.29 is 15.0 Å². The minimum Gasteiger partial charge on any atom is -0.392 e. The monoisotopic (exact) mass is 254 g/mol. The molecule has 0 bridgehead atoms. The van der Waals surface area contributed by atoms with E-state index in [1.54, 1.807) is 6.08 Å². The molecule has 18 heavy (non-hydrogen) atoms. The van der Waals surface area contributed by atoms with Gasteiger partial charge in [-0.15, -0.1) is 0 Å². The number of hydrogen-bond donors (Lipinski definition) is 2. The summed E-state index contributed by atoms with van der Waals surface area (Å²) in [4.78, 5) is 11.1. The fourth-order valence-corrected chi connectivity index (χ4v) is 2.39. The molecule has 0 amide bonds. The van der Waals surface area contributed by atoms with Crippen LogP contribution in [-0.2, 0) is 4.79 Å². The molecule has 0 spiro atoms. The Labute approximate surface area is 110 Å². The number of aliphatic hydroxyl groups is 2. The first kappa shape index (κ1) is 15.4. The number of carbonyl (C=O) groups excluding carboxylic acids is 1. The minimum absolute atomic E-state index is 0.0905. The van der Waals surface area contributed by atoms with Crippen LogP contribution in [-0.4, -0.2) is 28.2 Å². The zero-order valence-electron chi connectivity index (χ0n) is 11.3. The summed E-state index contributed by atoms with van der Waals surface area (Å²) in [5, 5.41) is 19.4. The molecule has 2 unspecified atom stereocenters. The summed E-state index contributed by atoms with van der Waals surface area (Å²) in [6.07, 6.45) is 9.97.